The molecule has 0 spiro atoms. The van der Waals surface area contributed by atoms with Crippen molar-refractivity contribution in [3.63, 3.8) is 0 Å². The van der Waals surface area contributed by atoms with E-state index in [1.807, 2.05) is 44.2 Å². The monoisotopic (exact) mass is 348 g/mol. The summed E-state index contributed by atoms with van der Waals surface area (Å²) in [6, 6.07) is 16.6. The summed E-state index contributed by atoms with van der Waals surface area (Å²) in [4.78, 5) is 24.5. The number of nitrogens with zero attached hydrogens (tertiary/aromatic N) is 2. The van der Waals surface area contributed by atoms with E-state index in [0.717, 1.165) is 16.9 Å². The Morgan fingerprint density at radius 2 is 1.62 bits per heavy atom. The van der Waals surface area contributed by atoms with Crippen LogP contribution in [-0.4, -0.2) is 21.6 Å². The van der Waals surface area contributed by atoms with Crippen LogP contribution >= 0.6 is 0 Å². The second kappa shape index (κ2) is 7.65. The molecule has 0 fully saturated rings. The molecule has 2 N–H and O–H groups in total. The first kappa shape index (κ1) is 17.4. The quantitative estimate of drug-likeness (QED) is 0.712. The molecule has 3 rings (SSSR count). The number of hydrogen-bond donors (Lipinski definition) is 2. The number of carbonyl (C=O) groups is 2. The number of carbonyl (C=O) groups excluding carboxylic acids is 2. The molecule has 6 nitrogen and oxygen atoms in total. The molecule has 0 bridgehead atoms. The zero-order chi connectivity index (χ0) is 18.5. The van der Waals surface area contributed by atoms with Crippen LogP contribution < -0.4 is 10.9 Å². The second-order valence-electron chi connectivity index (χ2n) is 5.88. The second-order valence-corrected chi connectivity index (χ2v) is 5.88. The van der Waals surface area contributed by atoms with Gasteiger partial charge in [-0.25, -0.2) is 4.68 Å². The lowest BCUT2D eigenvalue weighted by Gasteiger charge is -2.09. The minimum absolute atomic E-state index is 0.372. The summed E-state index contributed by atoms with van der Waals surface area (Å²) in [7, 11) is 0. The van der Waals surface area contributed by atoms with E-state index < -0.39 is 5.91 Å². The summed E-state index contributed by atoms with van der Waals surface area (Å²) in [5, 5.41) is 4.34. The Kier molecular flexibility index (Phi) is 5.12. The van der Waals surface area contributed by atoms with Crippen molar-refractivity contribution in [1.82, 2.24) is 20.6 Å². The summed E-state index contributed by atoms with van der Waals surface area (Å²) in [6.07, 6.45) is 2.14. The number of nitrogens with one attached hydrogen (secondary N) is 2. The van der Waals surface area contributed by atoms with Crippen LogP contribution in [0.1, 0.15) is 38.9 Å². The summed E-state index contributed by atoms with van der Waals surface area (Å²) in [6.45, 7) is 3.98. The van der Waals surface area contributed by atoms with Crippen molar-refractivity contribution >= 4 is 11.8 Å². The fraction of sp³-hybridized carbons (Fsp3) is 0.150. The molecule has 1 aromatic heterocycles. The van der Waals surface area contributed by atoms with Gasteiger partial charge in [0, 0.05) is 5.56 Å². The van der Waals surface area contributed by atoms with Gasteiger partial charge in [-0.2, -0.15) is 5.10 Å². The molecule has 2 aromatic carbocycles. The van der Waals surface area contributed by atoms with Crippen molar-refractivity contribution in [3.05, 3.63) is 83.2 Å². The minimum Gasteiger partial charge on any atom is -0.267 e. The van der Waals surface area contributed by atoms with Crippen LogP contribution in [0.15, 0.2) is 60.8 Å². The van der Waals surface area contributed by atoms with Crippen LogP contribution in [0.4, 0.5) is 0 Å². The van der Waals surface area contributed by atoms with E-state index in [0.29, 0.717) is 17.5 Å². The lowest BCUT2D eigenvalue weighted by Crippen LogP contribution is -2.41. The van der Waals surface area contributed by atoms with Crippen LogP contribution in [0, 0.1) is 6.92 Å². The van der Waals surface area contributed by atoms with Crippen molar-refractivity contribution in [2.24, 2.45) is 0 Å². The van der Waals surface area contributed by atoms with Crippen LogP contribution in [-0.2, 0) is 6.42 Å². The Morgan fingerprint density at radius 3 is 2.27 bits per heavy atom. The molecular weight excluding hydrogens is 328 g/mol. The number of hydrazine groups is 1. The highest BCUT2D eigenvalue weighted by Crippen LogP contribution is 2.16. The predicted molar refractivity (Wildman–Crippen MR) is 99.1 cm³/mol. The van der Waals surface area contributed by atoms with Crippen LogP contribution in [0.3, 0.4) is 0 Å². The summed E-state index contributed by atoms with van der Waals surface area (Å²) >= 11 is 0. The summed E-state index contributed by atoms with van der Waals surface area (Å²) in [5.74, 6) is -0.771. The zero-order valence-corrected chi connectivity index (χ0v) is 14.7. The van der Waals surface area contributed by atoms with E-state index in [9.17, 15) is 9.59 Å². The number of hydrogen-bond acceptors (Lipinski definition) is 3. The van der Waals surface area contributed by atoms with Gasteiger partial charge in [0.25, 0.3) is 11.8 Å². The van der Waals surface area contributed by atoms with E-state index in [1.165, 1.54) is 6.20 Å². The van der Waals surface area contributed by atoms with Crippen molar-refractivity contribution in [2.45, 2.75) is 20.3 Å². The molecule has 0 saturated carbocycles. The van der Waals surface area contributed by atoms with Crippen LogP contribution in [0.2, 0.25) is 0 Å². The van der Waals surface area contributed by atoms with Gasteiger partial charge < -0.3 is 0 Å². The Hall–Kier alpha value is -3.41. The van der Waals surface area contributed by atoms with E-state index in [2.05, 4.69) is 16.0 Å². The maximum atomic E-state index is 12.5. The molecule has 0 aliphatic carbocycles. The maximum Gasteiger partial charge on any atom is 0.273 e. The average molecular weight is 348 g/mol. The lowest BCUT2D eigenvalue weighted by molar-refractivity contribution is 0.0846. The molecule has 2 amide bonds. The number of aromatic nitrogens is 2. The normalized spacial score (nSPS) is 10.4. The maximum absolute atomic E-state index is 12.5. The average Bonchev–Trinajstić information content (AvgIpc) is 3.11. The molecule has 0 unspecified atom stereocenters. The third-order valence-corrected chi connectivity index (χ3v) is 4.05. The Labute approximate surface area is 151 Å². The third-order valence-electron chi connectivity index (χ3n) is 4.05. The van der Waals surface area contributed by atoms with Crippen molar-refractivity contribution in [2.75, 3.05) is 0 Å². The molecule has 0 aliphatic rings. The first-order valence-electron chi connectivity index (χ1n) is 8.40. The fourth-order valence-corrected chi connectivity index (χ4v) is 2.65. The fourth-order valence-electron chi connectivity index (χ4n) is 2.65. The first-order chi connectivity index (χ1) is 12.6. The van der Waals surface area contributed by atoms with E-state index in [4.69, 9.17) is 0 Å². The summed E-state index contributed by atoms with van der Waals surface area (Å²) in [5.41, 5.74) is 8.61. The number of amides is 2. The van der Waals surface area contributed by atoms with Crippen molar-refractivity contribution in [1.29, 1.82) is 0 Å². The molecule has 1 heterocycles. The zero-order valence-electron chi connectivity index (χ0n) is 14.7. The third kappa shape index (κ3) is 3.64. The van der Waals surface area contributed by atoms with Gasteiger partial charge in [0.2, 0.25) is 0 Å². The predicted octanol–water partition coefficient (Wildman–Crippen LogP) is 2.82. The number of rotatable bonds is 4. The Bertz CT molecular complexity index is 915. The number of benzene rings is 2. The minimum atomic E-state index is -0.399. The van der Waals surface area contributed by atoms with Gasteiger partial charge in [0.05, 0.1) is 23.1 Å². The van der Waals surface area contributed by atoms with E-state index >= 15 is 0 Å². The molecule has 0 atom stereocenters. The van der Waals surface area contributed by atoms with Gasteiger partial charge in [-0.05, 0) is 37.6 Å². The van der Waals surface area contributed by atoms with Crippen LogP contribution in [0.5, 0.6) is 0 Å². The Morgan fingerprint density at radius 1 is 0.962 bits per heavy atom. The van der Waals surface area contributed by atoms with E-state index in [1.54, 1.807) is 28.9 Å². The smallest absolute Gasteiger partial charge is 0.267 e. The molecular formula is C20H20N4O2. The van der Waals surface area contributed by atoms with Crippen molar-refractivity contribution < 1.29 is 9.59 Å². The largest absolute Gasteiger partial charge is 0.273 e. The molecule has 6 heteroatoms. The molecule has 26 heavy (non-hydrogen) atoms. The van der Waals surface area contributed by atoms with Gasteiger partial charge in [0.1, 0.15) is 0 Å². The van der Waals surface area contributed by atoms with Gasteiger partial charge in [0.15, 0.2) is 0 Å². The molecule has 3 aromatic rings. The van der Waals surface area contributed by atoms with Gasteiger partial charge in [-0.3, -0.25) is 20.4 Å². The topological polar surface area (TPSA) is 76.0 Å². The van der Waals surface area contributed by atoms with Crippen molar-refractivity contribution in [3.8, 4) is 5.69 Å². The molecule has 132 valence electrons. The number of aryl methyl sites for hydroxylation is 1. The highest BCUT2D eigenvalue weighted by Gasteiger charge is 2.17. The SMILES string of the molecule is CCc1c(C(=O)NNC(=O)c2ccccc2)cnn1-c1ccc(C)cc1. The standard InChI is InChI=1S/C20H20N4O2/c1-3-18-17(13-21-24(18)16-11-9-14(2)10-12-16)20(26)23-22-19(25)15-7-5-4-6-8-15/h4-13H,3H2,1-2H3,(H,22,25)(H,23,26). The van der Waals surface area contributed by atoms with Gasteiger partial charge >= 0.3 is 0 Å². The highest BCUT2D eigenvalue weighted by atomic mass is 16.2. The molecule has 0 saturated heterocycles. The highest BCUT2D eigenvalue weighted by molar-refractivity contribution is 5.99. The Balaban J connectivity index is 1.75. The first-order valence-corrected chi connectivity index (χ1v) is 8.40. The summed E-state index contributed by atoms with van der Waals surface area (Å²) < 4.78 is 1.74. The van der Waals surface area contributed by atoms with Crippen LogP contribution in [0.25, 0.3) is 5.69 Å². The molecule has 0 aliphatic heterocycles. The molecule has 0 radical (unpaired) electrons. The lowest BCUT2D eigenvalue weighted by atomic mass is 10.2. The van der Waals surface area contributed by atoms with E-state index in [-0.39, 0.29) is 5.91 Å². The van der Waals surface area contributed by atoms with Gasteiger partial charge in [-0.1, -0.05) is 42.8 Å². The van der Waals surface area contributed by atoms with Gasteiger partial charge in [-0.15, -0.1) is 0 Å².